The molecule has 0 aliphatic carbocycles. The minimum absolute atomic E-state index is 0.357. The van der Waals surface area contributed by atoms with Gasteiger partial charge in [-0.05, 0) is 31.5 Å². The first kappa shape index (κ1) is 18.2. The van der Waals surface area contributed by atoms with Crippen molar-refractivity contribution in [2.24, 2.45) is 7.05 Å². The van der Waals surface area contributed by atoms with E-state index in [0.29, 0.717) is 12.4 Å². The number of anilines is 1. The quantitative estimate of drug-likeness (QED) is 0.535. The van der Waals surface area contributed by atoms with Crippen molar-refractivity contribution >= 4 is 5.82 Å². The van der Waals surface area contributed by atoms with Crippen molar-refractivity contribution in [1.82, 2.24) is 24.2 Å². The summed E-state index contributed by atoms with van der Waals surface area (Å²) in [4.78, 5) is 32.0. The highest BCUT2D eigenvalue weighted by molar-refractivity contribution is 5.38. The van der Waals surface area contributed by atoms with E-state index in [2.05, 4.69) is 19.9 Å². The molecule has 0 bridgehead atoms. The molecule has 0 aromatic carbocycles. The summed E-state index contributed by atoms with van der Waals surface area (Å²) < 4.78 is 15.6. The number of aryl methyl sites for hydroxylation is 1. The van der Waals surface area contributed by atoms with Crippen LogP contribution in [-0.2, 0) is 13.6 Å². The zero-order valence-electron chi connectivity index (χ0n) is 14.8. The molecular weight excluding hydrogens is 339 g/mol. The molecule has 1 aliphatic heterocycles. The molecule has 2 aromatic heterocycles. The molecule has 0 atom stereocenters. The molecule has 0 saturated carbocycles. The van der Waals surface area contributed by atoms with Gasteiger partial charge in [-0.2, -0.15) is 9.49 Å². The van der Waals surface area contributed by atoms with Crippen LogP contribution in [0.2, 0.25) is 0 Å². The molecule has 0 amide bonds. The van der Waals surface area contributed by atoms with Crippen LogP contribution in [0, 0.1) is 5.95 Å². The number of halogens is 1. The average molecular weight is 362 g/mol. The average Bonchev–Trinajstić information content (AvgIpc) is 2.65. The molecule has 140 valence electrons. The summed E-state index contributed by atoms with van der Waals surface area (Å²) in [6.45, 7) is 4.69. The fraction of sp³-hybridized carbons (Fsp3) is 0.529. The number of hydrogen-bond donors (Lipinski definition) is 0. The van der Waals surface area contributed by atoms with Gasteiger partial charge in [-0.15, -0.1) is 0 Å². The van der Waals surface area contributed by atoms with Gasteiger partial charge in [0.25, 0.3) is 5.56 Å². The van der Waals surface area contributed by atoms with Crippen LogP contribution in [0.15, 0.2) is 34.0 Å². The van der Waals surface area contributed by atoms with Gasteiger partial charge < -0.3 is 4.90 Å². The Labute approximate surface area is 150 Å². The Balaban J connectivity index is 1.43. The number of pyridine rings is 1. The SMILES string of the molecule is Cn1ncc(=O)n(CCCCN2CCN(c3cccc(F)n3)CC2)c1=O. The van der Waals surface area contributed by atoms with Gasteiger partial charge in [-0.25, -0.2) is 14.5 Å². The third-order valence-electron chi connectivity index (χ3n) is 4.62. The monoisotopic (exact) mass is 362 g/mol. The smallest absolute Gasteiger partial charge is 0.347 e. The van der Waals surface area contributed by atoms with Gasteiger partial charge in [0, 0.05) is 39.8 Å². The minimum Gasteiger partial charge on any atom is -0.354 e. The van der Waals surface area contributed by atoms with Crippen LogP contribution in [0.4, 0.5) is 10.2 Å². The fourth-order valence-corrected chi connectivity index (χ4v) is 3.11. The summed E-state index contributed by atoms with van der Waals surface area (Å²) in [5, 5.41) is 3.71. The second-order valence-electron chi connectivity index (χ2n) is 6.39. The maximum absolute atomic E-state index is 13.2. The molecule has 8 nitrogen and oxygen atoms in total. The summed E-state index contributed by atoms with van der Waals surface area (Å²) in [5.41, 5.74) is -0.738. The standard InChI is InChI=1S/C17H23FN6O2/c1-21-17(26)24(16(25)13-19-21)8-3-2-7-22-9-11-23(12-10-22)15-6-4-5-14(18)20-15/h4-6,13H,2-3,7-12H2,1H3. The van der Waals surface area contributed by atoms with Gasteiger partial charge >= 0.3 is 5.69 Å². The second kappa shape index (κ2) is 8.22. The van der Waals surface area contributed by atoms with Crippen molar-refractivity contribution in [3.8, 4) is 0 Å². The van der Waals surface area contributed by atoms with E-state index in [-0.39, 0.29) is 11.2 Å². The van der Waals surface area contributed by atoms with Crippen molar-refractivity contribution in [3.63, 3.8) is 0 Å². The first-order chi connectivity index (χ1) is 12.5. The van der Waals surface area contributed by atoms with Gasteiger partial charge in [0.15, 0.2) is 0 Å². The van der Waals surface area contributed by atoms with Crippen LogP contribution in [0.3, 0.4) is 0 Å². The number of rotatable bonds is 6. The molecule has 9 heteroatoms. The molecule has 1 fully saturated rings. The Hall–Kier alpha value is -2.55. The summed E-state index contributed by atoms with van der Waals surface area (Å²) in [6.07, 6.45) is 2.82. The van der Waals surface area contributed by atoms with E-state index >= 15 is 0 Å². The predicted octanol–water partition coefficient (Wildman–Crippen LogP) is 0.0785. The van der Waals surface area contributed by atoms with E-state index in [4.69, 9.17) is 0 Å². The third-order valence-corrected chi connectivity index (χ3v) is 4.62. The largest absolute Gasteiger partial charge is 0.354 e. The number of piperazine rings is 1. The van der Waals surface area contributed by atoms with Crippen LogP contribution < -0.4 is 16.1 Å². The molecule has 0 spiro atoms. The summed E-state index contributed by atoms with van der Waals surface area (Å²) >= 11 is 0. The topological polar surface area (TPSA) is 76.3 Å². The lowest BCUT2D eigenvalue weighted by molar-refractivity contribution is 0.250. The Kier molecular flexibility index (Phi) is 5.77. The van der Waals surface area contributed by atoms with E-state index in [0.717, 1.165) is 45.6 Å². The van der Waals surface area contributed by atoms with E-state index in [1.54, 1.807) is 6.07 Å². The molecule has 2 aromatic rings. The van der Waals surface area contributed by atoms with E-state index in [9.17, 15) is 14.0 Å². The number of aromatic nitrogens is 4. The molecule has 26 heavy (non-hydrogen) atoms. The summed E-state index contributed by atoms with van der Waals surface area (Å²) in [5.74, 6) is 0.222. The van der Waals surface area contributed by atoms with E-state index in [1.165, 1.54) is 28.6 Å². The molecule has 1 saturated heterocycles. The Morgan fingerprint density at radius 1 is 1.08 bits per heavy atom. The number of nitrogens with zero attached hydrogens (tertiary/aromatic N) is 6. The van der Waals surface area contributed by atoms with Crippen molar-refractivity contribution in [2.75, 3.05) is 37.6 Å². The van der Waals surface area contributed by atoms with Crippen LogP contribution in [0.5, 0.6) is 0 Å². The fourth-order valence-electron chi connectivity index (χ4n) is 3.11. The van der Waals surface area contributed by atoms with Crippen molar-refractivity contribution < 1.29 is 4.39 Å². The maximum atomic E-state index is 13.2. The normalized spacial score (nSPS) is 15.4. The van der Waals surface area contributed by atoms with Crippen molar-refractivity contribution in [3.05, 3.63) is 51.2 Å². The third kappa shape index (κ3) is 4.34. The molecule has 1 aliphatic rings. The zero-order chi connectivity index (χ0) is 18.5. The van der Waals surface area contributed by atoms with Crippen LogP contribution in [-0.4, -0.2) is 57.0 Å². The molecule has 0 unspecified atom stereocenters. The highest BCUT2D eigenvalue weighted by atomic mass is 19.1. The first-order valence-electron chi connectivity index (χ1n) is 8.77. The van der Waals surface area contributed by atoms with Crippen LogP contribution >= 0.6 is 0 Å². The van der Waals surface area contributed by atoms with Gasteiger partial charge in [0.05, 0.1) is 0 Å². The molecule has 3 rings (SSSR count). The van der Waals surface area contributed by atoms with Gasteiger partial charge in [0.1, 0.15) is 12.0 Å². The zero-order valence-corrected chi connectivity index (χ0v) is 14.8. The molecular formula is C17H23FN6O2. The van der Waals surface area contributed by atoms with Gasteiger partial charge in [0.2, 0.25) is 5.95 Å². The molecule has 0 N–H and O–H groups in total. The lowest BCUT2D eigenvalue weighted by Gasteiger charge is -2.35. The maximum Gasteiger partial charge on any atom is 0.347 e. The van der Waals surface area contributed by atoms with Crippen LogP contribution in [0.1, 0.15) is 12.8 Å². The highest BCUT2D eigenvalue weighted by Gasteiger charge is 2.17. The Morgan fingerprint density at radius 2 is 1.81 bits per heavy atom. The number of hydrogen-bond acceptors (Lipinski definition) is 6. The molecule has 0 radical (unpaired) electrons. The second-order valence-corrected chi connectivity index (χ2v) is 6.39. The lowest BCUT2D eigenvalue weighted by Crippen LogP contribution is -2.47. The first-order valence-corrected chi connectivity index (χ1v) is 8.77. The Bertz CT molecular complexity index is 857. The molecule has 3 heterocycles. The van der Waals surface area contributed by atoms with Gasteiger partial charge in [-0.3, -0.25) is 14.3 Å². The van der Waals surface area contributed by atoms with Crippen molar-refractivity contribution in [1.29, 1.82) is 0 Å². The lowest BCUT2D eigenvalue weighted by atomic mass is 10.2. The minimum atomic E-state index is -0.456. The highest BCUT2D eigenvalue weighted by Crippen LogP contribution is 2.14. The van der Waals surface area contributed by atoms with E-state index < -0.39 is 5.95 Å². The van der Waals surface area contributed by atoms with E-state index in [1.807, 2.05) is 6.07 Å². The van der Waals surface area contributed by atoms with Gasteiger partial charge in [-0.1, -0.05) is 6.07 Å². The van der Waals surface area contributed by atoms with Crippen LogP contribution in [0.25, 0.3) is 0 Å². The summed E-state index contributed by atoms with van der Waals surface area (Å²) in [7, 11) is 1.53. The predicted molar refractivity (Wildman–Crippen MR) is 95.8 cm³/mol. The Morgan fingerprint density at radius 3 is 2.54 bits per heavy atom. The van der Waals surface area contributed by atoms with Crippen molar-refractivity contribution in [2.45, 2.75) is 19.4 Å². The number of unbranched alkanes of at least 4 members (excludes halogenated alkanes) is 1. The summed E-state index contributed by atoms with van der Waals surface area (Å²) in [6, 6.07) is 4.85.